The predicted octanol–water partition coefficient (Wildman–Crippen LogP) is 5.48. The largest absolute Gasteiger partial charge is 0.504 e. The molecule has 10 nitrogen and oxygen atoms in total. The van der Waals surface area contributed by atoms with E-state index >= 15 is 4.39 Å². The lowest BCUT2D eigenvalue weighted by molar-refractivity contribution is 0.0827. The van der Waals surface area contributed by atoms with Gasteiger partial charge in [0.1, 0.15) is 17.4 Å². The standard InChI is InChI=1S/C31H28F2N6O4S/c1-38(2)31(41)17-4-7-19(8-5-17)44-20-9-11-24(21(15-20)29-36-12-13-39(29)3)42-27-22(32)16-37-30(26(27)33)43-25-14-18(28(34)35)6-10-23(25)40/h4-11,14-16,40H,12-13H2,1-3H3,(H3,34,35). The Hall–Kier alpha value is -5.17. The van der Waals surface area contributed by atoms with Crippen molar-refractivity contribution in [2.45, 2.75) is 9.79 Å². The van der Waals surface area contributed by atoms with Crippen LogP contribution in [0.1, 0.15) is 21.5 Å². The Morgan fingerprint density at radius 3 is 2.39 bits per heavy atom. The topological polar surface area (TPSA) is 137 Å². The van der Waals surface area contributed by atoms with Gasteiger partial charge in [0.2, 0.25) is 11.6 Å². The van der Waals surface area contributed by atoms with Crippen LogP contribution in [-0.2, 0) is 0 Å². The van der Waals surface area contributed by atoms with E-state index in [1.54, 1.807) is 38.4 Å². The fourth-order valence-corrected chi connectivity index (χ4v) is 5.15. The minimum Gasteiger partial charge on any atom is -0.504 e. The molecule has 0 unspecified atom stereocenters. The van der Waals surface area contributed by atoms with Crippen molar-refractivity contribution < 1.29 is 28.2 Å². The van der Waals surface area contributed by atoms with Gasteiger partial charge in [-0.15, -0.1) is 0 Å². The van der Waals surface area contributed by atoms with Crippen molar-refractivity contribution in [1.29, 1.82) is 5.41 Å². The third kappa shape index (κ3) is 6.42. The minimum atomic E-state index is -1.24. The van der Waals surface area contributed by atoms with Crippen LogP contribution in [0.25, 0.3) is 0 Å². The number of aliphatic imine (C=N–C) groups is 1. The number of phenolic OH excluding ortho intramolecular Hbond substituents is 1. The van der Waals surface area contributed by atoms with Crippen molar-refractivity contribution in [3.63, 3.8) is 0 Å². The molecule has 0 spiro atoms. The molecule has 0 saturated carbocycles. The van der Waals surface area contributed by atoms with Crippen LogP contribution in [0.5, 0.6) is 28.9 Å². The van der Waals surface area contributed by atoms with Gasteiger partial charge in [0, 0.05) is 48.6 Å². The van der Waals surface area contributed by atoms with Crippen LogP contribution < -0.4 is 15.2 Å². The first-order valence-corrected chi connectivity index (χ1v) is 14.1. The summed E-state index contributed by atoms with van der Waals surface area (Å²) in [4.78, 5) is 25.6. The second kappa shape index (κ2) is 12.6. The molecular weight excluding hydrogens is 590 g/mol. The number of aromatic hydroxyl groups is 1. The average Bonchev–Trinajstić information content (AvgIpc) is 3.43. The maximum absolute atomic E-state index is 15.6. The van der Waals surface area contributed by atoms with E-state index in [0.29, 0.717) is 30.1 Å². The zero-order chi connectivity index (χ0) is 31.5. The number of phenols is 1. The van der Waals surface area contributed by atoms with Crippen LogP contribution in [0.2, 0.25) is 0 Å². The number of pyridine rings is 1. The summed E-state index contributed by atoms with van der Waals surface area (Å²) in [5.41, 5.74) is 6.80. The molecule has 1 aliphatic rings. The van der Waals surface area contributed by atoms with Crippen molar-refractivity contribution in [3.8, 4) is 28.9 Å². The number of amidine groups is 2. The normalized spacial score (nSPS) is 12.6. The first kappa shape index (κ1) is 30.3. The summed E-state index contributed by atoms with van der Waals surface area (Å²) >= 11 is 1.44. The van der Waals surface area contributed by atoms with Crippen LogP contribution in [0, 0.1) is 17.0 Å². The third-order valence-electron chi connectivity index (χ3n) is 6.58. The fourth-order valence-electron chi connectivity index (χ4n) is 4.29. The predicted molar refractivity (Wildman–Crippen MR) is 162 cm³/mol. The second-order valence-electron chi connectivity index (χ2n) is 9.97. The molecule has 0 radical (unpaired) electrons. The van der Waals surface area contributed by atoms with Crippen LogP contribution in [0.3, 0.4) is 0 Å². The average molecular weight is 619 g/mol. The minimum absolute atomic E-state index is 0.0989. The molecule has 0 bridgehead atoms. The number of carbonyl (C=O) groups is 1. The lowest BCUT2D eigenvalue weighted by atomic mass is 10.1. The molecule has 1 aliphatic heterocycles. The number of nitrogens with zero attached hydrogens (tertiary/aromatic N) is 4. The molecule has 226 valence electrons. The summed E-state index contributed by atoms with van der Waals surface area (Å²) in [6.45, 7) is 1.20. The molecule has 1 aromatic heterocycles. The molecule has 4 N–H and O–H groups in total. The summed E-state index contributed by atoms with van der Waals surface area (Å²) < 4.78 is 41.8. The first-order chi connectivity index (χ1) is 21.0. The third-order valence-corrected chi connectivity index (χ3v) is 7.58. The van der Waals surface area contributed by atoms with Crippen LogP contribution in [0.4, 0.5) is 8.78 Å². The second-order valence-corrected chi connectivity index (χ2v) is 11.1. The van der Waals surface area contributed by atoms with Crippen LogP contribution in [-0.4, -0.2) is 71.7 Å². The number of aromatic nitrogens is 1. The summed E-state index contributed by atoms with van der Waals surface area (Å²) in [6, 6.07) is 16.2. The summed E-state index contributed by atoms with van der Waals surface area (Å²) in [5, 5.41) is 17.8. The number of halogens is 2. The van der Waals surface area contributed by atoms with Crippen molar-refractivity contribution in [2.75, 3.05) is 34.2 Å². The monoisotopic (exact) mass is 618 g/mol. The number of hydrogen-bond acceptors (Lipinski definition) is 9. The Labute approximate surface area is 256 Å². The lowest BCUT2D eigenvalue weighted by Gasteiger charge is -2.19. The number of nitrogens with two attached hydrogens (primary N) is 1. The van der Waals surface area contributed by atoms with E-state index < -0.39 is 23.3 Å². The molecule has 3 aromatic carbocycles. The van der Waals surface area contributed by atoms with Gasteiger partial charge in [0.05, 0.1) is 18.3 Å². The number of carbonyl (C=O) groups excluding carboxylic acids is 1. The van der Waals surface area contributed by atoms with E-state index in [2.05, 4.69) is 9.98 Å². The maximum Gasteiger partial charge on any atom is 0.260 e. The van der Waals surface area contributed by atoms with Gasteiger partial charge in [-0.25, -0.2) is 9.37 Å². The molecule has 0 aliphatic carbocycles. The maximum atomic E-state index is 15.6. The number of hydrogen-bond donors (Lipinski definition) is 3. The van der Waals surface area contributed by atoms with Crippen LogP contribution in [0.15, 0.2) is 81.6 Å². The molecule has 1 amide bonds. The van der Waals surface area contributed by atoms with Gasteiger partial charge in [-0.1, -0.05) is 11.8 Å². The van der Waals surface area contributed by atoms with Crippen molar-refractivity contribution in [3.05, 3.63) is 95.2 Å². The Bertz CT molecular complexity index is 1780. The Kier molecular flexibility index (Phi) is 8.67. The smallest absolute Gasteiger partial charge is 0.260 e. The lowest BCUT2D eigenvalue weighted by Crippen LogP contribution is -2.24. The van der Waals surface area contributed by atoms with E-state index in [0.717, 1.165) is 16.0 Å². The molecule has 4 aromatic rings. The molecule has 2 heterocycles. The van der Waals surface area contributed by atoms with Gasteiger partial charge in [-0.2, -0.15) is 4.39 Å². The van der Waals surface area contributed by atoms with Crippen LogP contribution >= 0.6 is 11.8 Å². The number of ether oxygens (including phenoxy) is 2. The molecule has 44 heavy (non-hydrogen) atoms. The molecule has 0 fully saturated rings. The van der Waals surface area contributed by atoms with Gasteiger partial charge in [-0.05, 0) is 60.7 Å². The zero-order valence-electron chi connectivity index (χ0n) is 24.0. The zero-order valence-corrected chi connectivity index (χ0v) is 24.8. The summed E-state index contributed by atoms with van der Waals surface area (Å²) in [5.74, 6) is -3.99. The van der Waals surface area contributed by atoms with E-state index in [-0.39, 0.29) is 34.6 Å². The highest BCUT2D eigenvalue weighted by molar-refractivity contribution is 7.99. The van der Waals surface area contributed by atoms with Gasteiger partial charge < -0.3 is 30.1 Å². The number of nitrogen functional groups attached to an aromatic ring is 1. The Balaban J connectivity index is 1.46. The molecular formula is C31H28F2N6O4S. The summed E-state index contributed by atoms with van der Waals surface area (Å²) in [6.07, 6.45) is 0.743. The quantitative estimate of drug-likeness (QED) is 0.166. The highest BCUT2D eigenvalue weighted by atomic mass is 32.2. The van der Waals surface area contributed by atoms with Gasteiger partial charge in [-0.3, -0.25) is 15.2 Å². The number of benzene rings is 3. The van der Waals surface area contributed by atoms with E-state index in [1.807, 2.05) is 30.1 Å². The van der Waals surface area contributed by atoms with E-state index in [9.17, 15) is 14.3 Å². The molecule has 5 rings (SSSR count). The van der Waals surface area contributed by atoms with Crippen molar-refractivity contribution >= 4 is 29.3 Å². The van der Waals surface area contributed by atoms with Crippen molar-refractivity contribution in [2.24, 2.45) is 10.7 Å². The fraction of sp³-hybridized carbons (Fsp3) is 0.161. The molecule has 0 atom stereocenters. The van der Waals surface area contributed by atoms with Gasteiger partial charge >= 0.3 is 0 Å². The SMILES string of the molecule is CN(C)C(=O)c1ccc(Sc2ccc(Oc3c(F)cnc(Oc4cc(C(=N)N)ccc4O)c3F)c(C3=NCCN3C)c2)cc1. The van der Waals surface area contributed by atoms with Gasteiger partial charge in [0.25, 0.3) is 11.8 Å². The van der Waals surface area contributed by atoms with Crippen molar-refractivity contribution in [1.82, 2.24) is 14.8 Å². The number of likely N-dealkylation sites (N-methyl/N-ethyl adjacent to an activating group) is 1. The van der Waals surface area contributed by atoms with E-state index in [4.69, 9.17) is 20.6 Å². The van der Waals surface area contributed by atoms with Gasteiger partial charge in [0.15, 0.2) is 17.3 Å². The molecule has 0 saturated heterocycles. The number of rotatable bonds is 9. The number of amides is 1. The Morgan fingerprint density at radius 2 is 1.73 bits per heavy atom. The Morgan fingerprint density at radius 1 is 1.02 bits per heavy atom. The van der Waals surface area contributed by atoms with E-state index in [1.165, 1.54) is 34.9 Å². The highest BCUT2D eigenvalue weighted by Gasteiger charge is 2.25. The highest BCUT2D eigenvalue weighted by Crippen LogP contribution is 2.39. The molecule has 13 heteroatoms. The summed E-state index contributed by atoms with van der Waals surface area (Å²) in [7, 11) is 5.24. The number of nitrogens with one attached hydrogen (secondary N) is 1. The first-order valence-electron chi connectivity index (χ1n) is 13.3.